The van der Waals surface area contributed by atoms with Gasteiger partial charge in [0.15, 0.2) is 0 Å². The minimum Gasteiger partial charge on any atom is -0.319 e. The fourth-order valence-electron chi connectivity index (χ4n) is 1.56. The van der Waals surface area contributed by atoms with Crippen molar-refractivity contribution in [2.75, 3.05) is 4.90 Å². The van der Waals surface area contributed by atoms with E-state index in [1.807, 2.05) is 38.7 Å². The highest BCUT2D eigenvalue weighted by molar-refractivity contribution is 5.57. The van der Waals surface area contributed by atoms with Gasteiger partial charge < -0.3 is 4.90 Å². The van der Waals surface area contributed by atoms with Gasteiger partial charge in [-0.25, -0.2) is 4.39 Å². The van der Waals surface area contributed by atoms with Gasteiger partial charge in [-0.3, -0.25) is 0 Å². The predicted molar refractivity (Wildman–Crippen MR) is 79.0 cm³/mol. The summed E-state index contributed by atoms with van der Waals surface area (Å²) in [5.41, 5.74) is 2.76. The quantitative estimate of drug-likeness (QED) is 0.654. The number of rotatable bonds is 4. The Bertz CT molecular complexity index is 415. The van der Waals surface area contributed by atoms with Crippen molar-refractivity contribution in [3.05, 3.63) is 66.8 Å². The third-order valence-corrected chi connectivity index (χ3v) is 2.18. The van der Waals surface area contributed by atoms with Crippen LogP contribution < -0.4 is 4.90 Å². The van der Waals surface area contributed by atoms with Crippen molar-refractivity contribution < 1.29 is 4.39 Å². The summed E-state index contributed by atoms with van der Waals surface area (Å²) >= 11 is 0. The minimum atomic E-state index is -0.240. The Morgan fingerprint density at radius 1 is 1.17 bits per heavy atom. The maximum absolute atomic E-state index is 12.8. The first-order valence-corrected chi connectivity index (χ1v) is 6.06. The summed E-state index contributed by atoms with van der Waals surface area (Å²) in [6.07, 6.45) is 3.60. The van der Waals surface area contributed by atoms with Crippen molar-refractivity contribution in [3.63, 3.8) is 0 Å². The molecule has 0 aliphatic heterocycles. The second kappa shape index (κ2) is 8.29. The van der Waals surface area contributed by atoms with E-state index in [1.165, 1.54) is 12.1 Å². The molecule has 0 unspecified atom stereocenters. The molecule has 0 spiro atoms. The number of allylic oxidation sites excluding steroid dienone is 4. The fourth-order valence-corrected chi connectivity index (χ4v) is 1.56. The van der Waals surface area contributed by atoms with Gasteiger partial charge in [0.2, 0.25) is 0 Å². The van der Waals surface area contributed by atoms with E-state index in [4.69, 9.17) is 0 Å². The molecular formula is C16H22FN. The van der Waals surface area contributed by atoms with Crippen molar-refractivity contribution >= 4 is 5.69 Å². The van der Waals surface area contributed by atoms with Crippen LogP contribution in [0.4, 0.5) is 10.1 Å². The van der Waals surface area contributed by atoms with Crippen LogP contribution >= 0.6 is 0 Å². The first-order valence-electron chi connectivity index (χ1n) is 6.06. The Balaban J connectivity index is 0.00000137. The monoisotopic (exact) mass is 247 g/mol. The Morgan fingerprint density at radius 2 is 1.67 bits per heavy atom. The maximum atomic E-state index is 12.8. The highest BCUT2D eigenvalue weighted by atomic mass is 19.1. The lowest BCUT2D eigenvalue weighted by Crippen LogP contribution is -2.17. The molecular weight excluding hydrogens is 225 g/mol. The molecule has 0 heterocycles. The Hall–Kier alpha value is -1.83. The minimum absolute atomic E-state index is 0.240. The van der Waals surface area contributed by atoms with Crippen LogP contribution in [0, 0.1) is 5.82 Å². The summed E-state index contributed by atoms with van der Waals surface area (Å²) in [5, 5.41) is 0. The van der Waals surface area contributed by atoms with E-state index in [-0.39, 0.29) is 5.82 Å². The van der Waals surface area contributed by atoms with E-state index >= 15 is 0 Å². The second-order valence-corrected chi connectivity index (χ2v) is 3.59. The lowest BCUT2D eigenvalue weighted by molar-refractivity contribution is 0.628. The molecule has 0 aromatic heterocycles. The van der Waals surface area contributed by atoms with Crippen molar-refractivity contribution in [2.45, 2.75) is 27.7 Å². The van der Waals surface area contributed by atoms with Crippen LogP contribution in [0.1, 0.15) is 27.7 Å². The molecule has 0 saturated carbocycles. The molecule has 0 saturated heterocycles. The van der Waals surface area contributed by atoms with Gasteiger partial charge in [0.25, 0.3) is 0 Å². The van der Waals surface area contributed by atoms with Crippen LogP contribution in [0.5, 0.6) is 0 Å². The third-order valence-electron chi connectivity index (χ3n) is 2.18. The Labute approximate surface area is 110 Å². The highest BCUT2D eigenvalue weighted by Gasteiger charge is 2.08. The number of hydrogen-bond acceptors (Lipinski definition) is 1. The van der Waals surface area contributed by atoms with Crippen LogP contribution in [0.25, 0.3) is 0 Å². The Kier molecular flexibility index (Phi) is 7.45. The largest absolute Gasteiger partial charge is 0.319 e. The molecule has 0 atom stereocenters. The van der Waals surface area contributed by atoms with Gasteiger partial charge in [-0.2, -0.15) is 0 Å². The molecule has 1 rings (SSSR count). The van der Waals surface area contributed by atoms with E-state index in [2.05, 4.69) is 13.2 Å². The van der Waals surface area contributed by atoms with Gasteiger partial charge in [-0.1, -0.05) is 33.1 Å². The van der Waals surface area contributed by atoms with Crippen LogP contribution in [-0.4, -0.2) is 0 Å². The van der Waals surface area contributed by atoms with Gasteiger partial charge in [0, 0.05) is 17.1 Å². The fraction of sp³-hybridized carbons (Fsp3) is 0.250. The zero-order valence-corrected chi connectivity index (χ0v) is 11.7. The summed E-state index contributed by atoms with van der Waals surface area (Å²) in [4.78, 5) is 1.95. The molecule has 0 aliphatic rings. The zero-order valence-electron chi connectivity index (χ0n) is 11.7. The average molecular weight is 247 g/mol. The van der Waals surface area contributed by atoms with E-state index < -0.39 is 0 Å². The van der Waals surface area contributed by atoms with E-state index in [1.54, 1.807) is 18.2 Å². The Morgan fingerprint density at radius 3 is 2.06 bits per heavy atom. The van der Waals surface area contributed by atoms with Crippen molar-refractivity contribution in [1.29, 1.82) is 0 Å². The molecule has 0 bridgehead atoms. The molecule has 1 aromatic carbocycles. The summed E-state index contributed by atoms with van der Waals surface area (Å²) in [6, 6.07) is 6.33. The molecule has 0 radical (unpaired) electrons. The highest BCUT2D eigenvalue weighted by Crippen LogP contribution is 2.23. The standard InChI is InChI=1S/C14H16FN.C2H6/c1-5-6-12(4)16(11(2)3)14-9-7-13(15)8-10-14;1-2/h5-10H,1-2H2,3-4H3;1-2H3/b12-6+;. The number of anilines is 1. The lowest BCUT2D eigenvalue weighted by atomic mass is 10.2. The summed E-state index contributed by atoms with van der Waals surface area (Å²) < 4.78 is 12.8. The van der Waals surface area contributed by atoms with E-state index in [9.17, 15) is 4.39 Å². The molecule has 0 amide bonds. The smallest absolute Gasteiger partial charge is 0.123 e. The van der Waals surface area contributed by atoms with Crippen LogP contribution in [0.3, 0.4) is 0 Å². The topological polar surface area (TPSA) is 3.24 Å². The maximum Gasteiger partial charge on any atom is 0.123 e. The van der Waals surface area contributed by atoms with Crippen molar-refractivity contribution in [2.24, 2.45) is 0 Å². The molecule has 0 N–H and O–H groups in total. The van der Waals surface area contributed by atoms with Crippen molar-refractivity contribution in [3.8, 4) is 0 Å². The molecule has 1 aromatic rings. The molecule has 18 heavy (non-hydrogen) atoms. The van der Waals surface area contributed by atoms with Crippen LogP contribution in [-0.2, 0) is 0 Å². The number of halogens is 1. The van der Waals surface area contributed by atoms with E-state index in [0.717, 1.165) is 17.1 Å². The third kappa shape index (κ3) is 4.58. The van der Waals surface area contributed by atoms with Gasteiger partial charge in [-0.15, -0.1) is 0 Å². The molecule has 98 valence electrons. The van der Waals surface area contributed by atoms with Gasteiger partial charge in [0.1, 0.15) is 5.82 Å². The van der Waals surface area contributed by atoms with Gasteiger partial charge in [0.05, 0.1) is 0 Å². The first-order chi connectivity index (χ1) is 8.56. The summed E-state index contributed by atoms with van der Waals surface area (Å²) in [6.45, 7) is 15.4. The molecule has 2 heteroatoms. The number of hydrogen-bond donors (Lipinski definition) is 0. The van der Waals surface area contributed by atoms with Gasteiger partial charge >= 0.3 is 0 Å². The van der Waals surface area contributed by atoms with Gasteiger partial charge in [-0.05, 0) is 44.2 Å². The summed E-state index contributed by atoms with van der Waals surface area (Å²) in [5.74, 6) is -0.240. The normalized spacial score (nSPS) is 10.2. The average Bonchev–Trinajstić information content (AvgIpc) is 2.34. The summed E-state index contributed by atoms with van der Waals surface area (Å²) in [7, 11) is 0. The molecule has 0 fully saturated rings. The van der Waals surface area contributed by atoms with Crippen LogP contribution in [0.15, 0.2) is 61.0 Å². The van der Waals surface area contributed by atoms with Crippen molar-refractivity contribution in [1.82, 2.24) is 0 Å². The SMILES string of the molecule is C=C/C=C(\C)N(C(=C)C)c1ccc(F)cc1.CC. The van der Waals surface area contributed by atoms with Crippen LogP contribution in [0.2, 0.25) is 0 Å². The molecule has 1 nitrogen and oxygen atoms in total. The zero-order chi connectivity index (χ0) is 14.1. The molecule has 0 aliphatic carbocycles. The number of nitrogens with zero attached hydrogens (tertiary/aromatic N) is 1. The number of benzene rings is 1. The predicted octanol–water partition coefficient (Wildman–Crippen LogP) is 5.28. The second-order valence-electron chi connectivity index (χ2n) is 3.59. The lowest BCUT2D eigenvalue weighted by Gasteiger charge is -2.25. The first kappa shape index (κ1) is 16.2. The van der Waals surface area contributed by atoms with E-state index in [0.29, 0.717) is 0 Å².